The number of aromatic nitrogens is 1. The van der Waals surface area contributed by atoms with Crippen molar-refractivity contribution in [1.29, 1.82) is 0 Å². The average molecular weight is 308 g/mol. The summed E-state index contributed by atoms with van der Waals surface area (Å²) in [6, 6.07) is 7.65. The SMILES string of the molecule is COc1ccc(CNC(=O)CSc2nc(C)cs2)cc1. The molecule has 0 unspecified atom stereocenters. The highest BCUT2D eigenvalue weighted by atomic mass is 32.2. The summed E-state index contributed by atoms with van der Waals surface area (Å²) in [7, 11) is 1.63. The summed E-state index contributed by atoms with van der Waals surface area (Å²) in [5.41, 5.74) is 2.05. The number of benzene rings is 1. The van der Waals surface area contributed by atoms with Gasteiger partial charge in [0.2, 0.25) is 5.91 Å². The molecule has 1 N–H and O–H groups in total. The number of ether oxygens (including phenoxy) is 1. The van der Waals surface area contributed by atoms with Crippen molar-refractivity contribution in [1.82, 2.24) is 10.3 Å². The molecule has 0 fully saturated rings. The van der Waals surface area contributed by atoms with Gasteiger partial charge >= 0.3 is 0 Å². The second-order valence-electron chi connectivity index (χ2n) is 4.17. The fraction of sp³-hybridized carbons (Fsp3) is 0.286. The minimum absolute atomic E-state index is 0.0127. The summed E-state index contributed by atoms with van der Waals surface area (Å²) in [5, 5.41) is 4.87. The van der Waals surface area contributed by atoms with Crippen LogP contribution in [0.3, 0.4) is 0 Å². The molecule has 20 heavy (non-hydrogen) atoms. The standard InChI is InChI=1S/C14H16N2O2S2/c1-10-8-19-14(16-10)20-9-13(17)15-7-11-3-5-12(18-2)6-4-11/h3-6,8H,7,9H2,1-2H3,(H,15,17). The Hall–Kier alpha value is -1.53. The number of hydrogen-bond donors (Lipinski definition) is 1. The maximum absolute atomic E-state index is 11.7. The second kappa shape index (κ2) is 7.31. The Morgan fingerprint density at radius 1 is 1.40 bits per heavy atom. The maximum atomic E-state index is 11.7. The molecule has 0 aliphatic heterocycles. The van der Waals surface area contributed by atoms with Gasteiger partial charge in [0.15, 0.2) is 4.34 Å². The summed E-state index contributed by atoms with van der Waals surface area (Å²) < 4.78 is 6.02. The van der Waals surface area contributed by atoms with Crippen molar-refractivity contribution in [2.45, 2.75) is 17.8 Å². The molecular formula is C14H16N2O2S2. The van der Waals surface area contributed by atoms with Gasteiger partial charge in [0.1, 0.15) is 5.75 Å². The molecule has 1 amide bonds. The lowest BCUT2D eigenvalue weighted by atomic mass is 10.2. The van der Waals surface area contributed by atoms with Crippen LogP contribution < -0.4 is 10.1 Å². The van der Waals surface area contributed by atoms with Crippen LogP contribution in [-0.2, 0) is 11.3 Å². The Morgan fingerprint density at radius 3 is 2.75 bits per heavy atom. The zero-order valence-corrected chi connectivity index (χ0v) is 13.0. The predicted molar refractivity (Wildman–Crippen MR) is 82.4 cm³/mol. The van der Waals surface area contributed by atoms with Crippen LogP contribution in [-0.4, -0.2) is 23.8 Å². The Morgan fingerprint density at radius 2 is 2.15 bits per heavy atom. The van der Waals surface area contributed by atoms with Gasteiger partial charge in [-0.05, 0) is 24.6 Å². The van der Waals surface area contributed by atoms with E-state index < -0.39 is 0 Å². The number of thioether (sulfide) groups is 1. The number of carbonyl (C=O) groups is 1. The first-order valence-electron chi connectivity index (χ1n) is 6.12. The first-order valence-corrected chi connectivity index (χ1v) is 7.98. The topological polar surface area (TPSA) is 51.2 Å². The van der Waals surface area contributed by atoms with Crippen LogP contribution in [0.1, 0.15) is 11.3 Å². The van der Waals surface area contributed by atoms with Crippen molar-refractivity contribution in [2.75, 3.05) is 12.9 Å². The van der Waals surface area contributed by atoms with Crippen LogP contribution in [0.15, 0.2) is 34.0 Å². The monoisotopic (exact) mass is 308 g/mol. The fourth-order valence-corrected chi connectivity index (χ4v) is 3.20. The molecule has 0 aliphatic carbocycles. The van der Waals surface area contributed by atoms with Crippen LogP contribution in [0.25, 0.3) is 0 Å². The number of aryl methyl sites for hydroxylation is 1. The third-order valence-electron chi connectivity index (χ3n) is 2.57. The van der Waals surface area contributed by atoms with E-state index in [2.05, 4.69) is 10.3 Å². The lowest BCUT2D eigenvalue weighted by Gasteiger charge is -2.05. The maximum Gasteiger partial charge on any atom is 0.230 e. The molecule has 0 saturated carbocycles. The largest absolute Gasteiger partial charge is 0.497 e. The van der Waals surface area contributed by atoms with E-state index in [1.54, 1.807) is 18.4 Å². The average Bonchev–Trinajstić information content (AvgIpc) is 2.89. The van der Waals surface area contributed by atoms with E-state index >= 15 is 0 Å². The van der Waals surface area contributed by atoms with E-state index in [1.807, 2.05) is 36.6 Å². The number of thiazole rings is 1. The van der Waals surface area contributed by atoms with Gasteiger partial charge in [-0.25, -0.2) is 4.98 Å². The summed E-state index contributed by atoms with van der Waals surface area (Å²) in [4.78, 5) is 16.0. The van der Waals surface area contributed by atoms with Gasteiger partial charge in [-0.15, -0.1) is 11.3 Å². The molecule has 0 radical (unpaired) electrons. The second-order valence-corrected chi connectivity index (χ2v) is 6.25. The highest BCUT2D eigenvalue weighted by molar-refractivity contribution is 8.01. The Balaban J connectivity index is 1.74. The minimum atomic E-state index is 0.0127. The predicted octanol–water partition coefficient (Wildman–Crippen LogP) is 2.87. The quantitative estimate of drug-likeness (QED) is 0.834. The van der Waals surface area contributed by atoms with Crippen molar-refractivity contribution in [3.8, 4) is 5.75 Å². The van der Waals surface area contributed by atoms with Gasteiger partial charge in [0, 0.05) is 17.6 Å². The van der Waals surface area contributed by atoms with Gasteiger partial charge in [-0.3, -0.25) is 4.79 Å². The molecule has 0 spiro atoms. The number of rotatable bonds is 6. The molecule has 1 aromatic carbocycles. The normalized spacial score (nSPS) is 10.3. The van der Waals surface area contributed by atoms with E-state index in [0.29, 0.717) is 12.3 Å². The number of nitrogens with one attached hydrogen (secondary N) is 1. The van der Waals surface area contributed by atoms with Crippen molar-refractivity contribution in [3.05, 3.63) is 40.9 Å². The zero-order valence-electron chi connectivity index (χ0n) is 11.4. The van der Waals surface area contributed by atoms with E-state index in [-0.39, 0.29) is 5.91 Å². The Kier molecular flexibility index (Phi) is 5.43. The van der Waals surface area contributed by atoms with Crippen molar-refractivity contribution in [2.24, 2.45) is 0 Å². The molecule has 4 nitrogen and oxygen atoms in total. The molecular weight excluding hydrogens is 292 g/mol. The number of nitrogens with zero attached hydrogens (tertiary/aromatic N) is 1. The van der Waals surface area contributed by atoms with Crippen molar-refractivity contribution >= 4 is 29.0 Å². The van der Waals surface area contributed by atoms with E-state index in [0.717, 1.165) is 21.3 Å². The highest BCUT2D eigenvalue weighted by Gasteiger charge is 2.05. The van der Waals surface area contributed by atoms with Gasteiger partial charge < -0.3 is 10.1 Å². The zero-order chi connectivity index (χ0) is 14.4. The van der Waals surface area contributed by atoms with Crippen LogP contribution in [0.2, 0.25) is 0 Å². The number of methoxy groups -OCH3 is 1. The summed E-state index contributed by atoms with van der Waals surface area (Å²) in [5.74, 6) is 1.22. The number of hydrogen-bond acceptors (Lipinski definition) is 5. The molecule has 0 saturated heterocycles. The molecule has 0 bridgehead atoms. The molecule has 106 valence electrons. The van der Waals surface area contributed by atoms with Crippen LogP contribution in [0.5, 0.6) is 5.75 Å². The van der Waals surface area contributed by atoms with Crippen LogP contribution in [0.4, 0.5) is 0 Å². The molecule has 1 heterocycles. The van der Waals surface area contributed by atoms with Gasteiger partial charge in [0.05, 0.1) is 12.9 Å². The first kappa shape index (κ1) is 14.9. The lowest BCUT2D eigenvalue weighted by Crippen LogP contribution is -2.24. The van der Waals surface area contributed by atoms with Gasteiger partial charge in [-0.1, -0.05) is 23.9 Å². The van der Waals surface area contributed by atoms with E-state index in [4.69, 9.17) is 4.74 Å². The number of amides is 1. The minimum Gasteiger partial charge on any atom is -0.497 e. The molecule has 0 atom stereocenters. The van der Waals surface area contributed by atoms with Crippen molar-refractivity contribution in [3.63, 3.8) is 0 Å². The Bertz CT molecular complexity index is 567. The molecule has 2 aromatic rings. The molecule has 2 rings (SSSR count). The molecule has 1 aromatic heterocycles. The third kappa shape index (κ3) is 4.54. The van der Waals surface area contributed by atoms with E-state index in [1.165, 1.54) is 11.8 Å². The molecule has 0 aliphatic rings. The van der Waals surface area contributed by atoms with Gasteiger partial charge in [0.25, 0.3) is 0 Å². The van der Waals surface area contributed by atoms with Crippen LogP contribution in [0, 0.1) is 6.92 Å². The van der Waals surface area contributed by atoms with Crippen LogP contribution >= 0.6 is 23.1 Å². The highest BCUT2D eigenvalue weighted by Crippen LogP contribution is 2.21. The van der Waals surface area contributed by atoms with E-state index in [9.17, 15) is 4.79 Å². The first-order chi connectivity index (χ1) is 9.67. The Labute approximate surface area is 126 Å². The lowest BCUT2D eigenvalue weighted by molar-refractivity contribution is -0.118. The van der Waals surface area contributed by atoms with Gasteiger partial charge in [-0.2, -0.15) is 0 Å². The fourth-order valence-electron chi connectivity index (χ4n) is 1.52. The summed E-state index contributed by atoms with van der Waals surface area (Å²) >= 11 is 3.03. The smallest absolute Gasteiger partial charge is 0.230 e. The van der Waals surface area contributed by atoms with Crippen molar-refractivity contribution < 1.29 is 9.53 Å². The summed E-state index contributed by atoms with van der Waals surface area (Å²) in [6.45, 7) is 2.48. The number of carbonyl (C=O) groups excluding carboxylic acids is 1. The summed E-state index contributed by atoms with van der Waals surface area (Å²) in [6.07, 6.45) is 0. The third-order valence-corrected chi connectivity index (χ3v) is 4.71. The molecule has 6 heteroatoms.